The number of nitrogens with zero attached hydrogens (tertiary/aromatic N) is 1. The third kappa shape index (κ3) is 3.34. The number of carbonyl (C=O) groups excluding carboxylic acids is 1. The summed E-state index contributed by atoms with van der Waals surface area (Å²) in [4.78, 5) is 26.0. The van der Waals surface area contributed by atoms with Crippen molar-refractivity contribution in [2.45, 2.75) is 13.8 Å². The highest BCUT2D eigenvalue weighted by Gasteiger charge is 2.13. The Labute approximate surface area is 93.5 Å². The fourth-order valence-electron chi connectivity index (χ4n) is 1.08. The van der Waals surface area contributed by atoms with E-state index in [0.717, 1.165) is 5.56 Å². The molecule has 0 aliphatic heterocycles. The molecule has 1 atom stereocenters. The maximum atomic E-state index is 11.6. The zero-order chi connectivity index (χ0) is 12.1. The summed E-state index contributed by atoms with van der Waals surface area (Å²) in [7, 11) is 0. The summed E-state index contributed by atoms with van der Waals surface area (Å²) in [5.41, 5.74) is 1.24. The second-order valence-corrected chi connectivity index (χ2v) is 3.67. The molecule has 1 aromatic rings. The molecule has 0 saturated heterocycles. The monoisotopic (exact) mass is 222 g/mol. The summed E-state index contributed by atoms with van der Waals surface area (Å²) < 4.78 is 0. The largest absolute Gasteiger partial charge is 0.481 e. The van der Waals surface area contributed by atoms with Gasteiger partial charge < -0.3 is 10.4 Å². The second kappa shape index (κ2) is 5.25. The number of hydrogen-bond donors (Lipinski definition) is 2. The first-order valence-electron chi connectivity index (χ1n) is 4.94. The van der Waals surface area contributed by atoms with Gasteiger partial charge in [0.1, 0.15) is 5.69 Å². The summed E-state index contributed by atoms with van der Waals surface area (Å²) >= 11 is 0. The highest BCUT2D eigenvalue weighted by molar-refractivity contribution is 5.92. The van der Waals surface area contributed by atoms with E-state index in [1.165, 1.54) is 6.92 Å². The molecule has 0 spiro atoms. The Morgan fingerprint density at radius 2 is 2.25 bits per heavy atom. The van der Waals surface area contributed by atoms with Gasteiger partial charge in [-0.15, -0.1) is 0 Å². The predicted octanol–water partition coefficient (Wildman–Crippen LogP) is 0.841. The van der Waals surface area contributed by atoms with Gasteiger partial charge >= 0.3 is 5.97 Å². The lowest BCUT2D eigenvalue weighted by atomic mass is 10.2. The molecule has 0 fully saturated rings. The van der Waals surface area contributed by atoms with Gasteiger partial charge in [0.25, 0.3) is 5.91 Å². The number of nitrogens with one attached hydrogen (secondary N) is 1. The van der Waals surface area contributed by atoms with Crippen molar-refractivity contribution in [1.29, 1.82) is 0 Å². The van der Waals surface area contributed by atoms with E-state index in [1.54, 1.807) is 18.3 Å². The van der Waals surface area contributed by atoms with Crippen molar-refractivity contribution in [3.8, 4) is 0 Å². The molecule has 0 aliphatic carbocycles. The third-order valence-electron chi connectivity index (χ3n) is 2.14. The van der Waals surface area contributed by atoms with Crippen LogP contribution in [0.15, 0.2) is 18.3 Å². The number of rotatable bonds is 4. The summed E-state index contributed by atoms with van der Waals surface area (Å²) in [5.74, 6) is -1.89. The van der Waals surface area contributed by atoms with Crippen LogP contribution < -0.4 is 5.32 Å². The van der Waals surface area contributed by atoms with Crippen molar-refractivity contribution < 1.29 is 14.7 Å². The van der Waals surface area contributed by atoms with Gasteiger partial charge in [-0.05, 0) is 24.6 Å². The smallest absolute Gasteiger partial charge is 0.308 e. The molecule has 86 valence electrons. The van der Waals surface area contributed by atoms with Crippen molar-refractivity contribution in [3.63, 3.8) is 0 Å². The first-order valence-corrected chi connectivity index (χ1v) is 4.94. The van der Waals surface area contributed by atoms with Crippen molar-refractivity contribution in [2.24, 2.45) is 5.92 Å². The fourth-order valence-corrected chi connectivity index (χ4v) is 1.08. The maximum absolute atomic E-state index is 11.6. The summed E-state index contributed by atoms with van der Waals surface area (Å²) in [6.45, 7) is 3.49. The van der Waals surface area contributed by atoms with Crippen molar-refractivity contribution >= 4 is 11.9 Å². The van der Waals surface area contributed by atoms with Crippen LogP contribution in [0, 0.1) is 12.8 Å². The Morgan fingerprint density at radius 1 is 1.56 bits per heavy atom. The molecule has 1 aromatic heterocycles. The average molecular weight is 222 g/mol. The molecule has 2 N–H and O–H groups in total. The van der Waals surface area contributed by atoms with Crippen LogP contribution in [-0.2, 0) is 4.79 Å². The standard InChI is InChI=1S/C11H14N2O3/c1-7-3-4-12-9(5-7)10(14)13-6-8(2)11(15)16/h3-5,8H,6H2,1-2H3,(H,13,14)(H,15,16). The van der Waals surface area contributed by atoms with Gasteiger partial charge in [0, 0.05) is 12.7 Å². The van der Waals surface area contributed by atoms with E-state index in [1.807, 2.05) is 6.92 Å². The number of amides is 1. The highest BCUT2D eigenvalue weighted by Crippen LogP contribution is 2.00. The van der Waals surface area contributed by atoms with Gasteiger partial charge in [-0.3, -0.25) is 14.6 Å². The topological polar surface area (TPSA) is 79.3 Å². The normalized spacial score (nSPS) is 11.9. The molecule has 0 bridgehead atoms. The number of aliphatic carboxylic acids is 1. The zero-order valence-corrected chi connectivity index (χ0v) is 9.23. The van der Waals surface area contributed by atoms with Crippen molar-refractivity contribution in [3.05, 3.63) is 29.6 Å². The molecular formula is C11H14N2O3. The van der Waals surface area contributed by atoms with Crippen LogP contribution in [0.2, 0.25) is 0 Å². The molecule has 5 heteroatoms. The quantitative estimate of drug-likeness (QED) is 0.791. The van der Waals surface area contributed by atoms with Crippen LogP contribution >= 0.6 is 0 Å². The Hall–Kier alpha value is -1.91. The van der Waals surface area contributed by atoms with E-state index in [0.29, 0.717) is 5.69 Å². The summed E-state index contributed by atoms with van der Waals surface area (Å²) in [5, 5.41) is 11.2. The molecule has 1 rings (SSSR count). The molecule has 5 nitrogen and oxygen atoms in total. The van der Waals surface area contributed by atoms with Gasteiger partial charge in [-0.1, -0.05) is 6.92 Å². The van der Waals surface area contributed by atoms with Crippen LogP contribution in [-0.4, -0.2) is 28.5 Å². The van der Waals surface area contributed by atoms with E-state index < -0.39 is 11.9 Å². The van der Waals surface area contributed by atoms with Crippen LogP contribution in [0.5, 0.6) is 0 Å². The lowest BCUT2D eigenvalue weighted by Crippen LogP contribution is -2.31. The van der Waals surface area contributed by atoms with E-state index >= 15 is 0 Å². The van der Waals surface area contributed by atoms with E-state index in [-0.39, 0.29) is 12.5 Å². The van der Waals surface area contributed by atoms with E-state index in [4.69, 9.17) is 5.11 Å². The minimum absolute atomic E-state index is 0.101. The average Bonchev–Trinajstić information content (AvgIpc) is 2.25. The van der Waals surface area contributed by atoms with E-state index in [2.05, 4.69) is 10.3 Å². The van der Waals surface area contributed by atoms with Gasteiger partial charge in [0.2, 0.25) is 0 Å². The first-order chi connectivity index (χ1) is 7.50. The Kier molecular flexibility index (Phi) is 3.99. The predicted molar refractivity (Wildman–Crippen MR) is 58.1 cm³/mol. The molecule has 0 saturated carbocycles. The van der Waals surface area contributed by atoms with Crippen molar-refractivity contribution in [2.75, 3.05) is 6.54 Å². The third-order valence-corrected chi connectivity index (χ3v) is 2.14. The lowest BCUT2D eigenvalue weighted by Gasteiger charge is -2.07. The molecule has 0 aliphatic rings. The van der Waals surface area contributed by atoms with Gasteiger partial charge in [0.05, 0.1) is 5.92 Å². The molecular weight excluding hydrogens is 208 g/mol. The number of carbonyl (C=O) groups is 2. The molecule has 0 aromatic carbocycles. The number of aromatic nitrogens is 1. The second-order valence-electron chi connectivity index (χ2n) is 3.67. The minimum atomic E-state index is -0.933. The van der Waals surface area contributed by atoms with Gasteiger partial charge in [-0.25, -0.2) is 0 Å². The van der Waals surface area contributed by atoms with Crippen LogP contribution in [0.3, 0.4) is 0 Å². The van der Waals surface area contributed by atoms with E-state index in [9.17, 15) is 9.59 Å². The van der Waals surface area contributed by atoms with Crippen molar-refractivity contribution in [1.82, 2.24) is 10.3 Å². The molecule has 1 amide bonds. The lowest BCUT2D eigenvalue weighted by molar-refractivity contribution is -0.140. The molecule has 1 heterocycles. The molecule has 16 heavy (non-hydrogen) atoms. The first kappa shape index (κ1) is 12.2. The highest BCUT2D eigenvalue weighted by atomic mass is 16.4. The zero-order valence-electron chi connectivity index (χ0n) is 9.23. The molecule has 1 unspecified atom stereocenters. The summed E-state index contributed by atoms with van der Waals surface area (Å²) in [6, 6.07) is 3.44. The number of carboxylic acid groups (broad SMARTS) is 1. The Morgan fingerprint density at radius 3 is 2.81 bits per heavy atom. The number of aryl methyl sites for hydroxylation is 1. The Balaban J connectivity index is 2.56. The Bertz CT molecular complexity index is 404. The fraction of sp³-hybridized carbons (Fsp3) is 0.364. The minimum Gasteiger partial charge on any atom is -0.481 e. The molecule has 0 radical (unpaired) electrons. The maximum Gasteiger partial charge on any atom is 0.308 e. The van der Waals surface area contributed by atoms with Gasteiger partial charge in [-0.2, -0.15) is 0 Å². The number of hydrogen-bond acceptors (Lipinski definition) is 3. The summed E-state index contributed by atoms with van der Waals surface area (Å²) in [6.07, 6.45) is 1.55. The number of pyridine rings is 1. The van der Waals surface area contributed by atoms with Gasteiger partial charge in [0.15, 0.2) is 0 Å². The van der Waals surface area contributed by atoms with Crippen LogP contribution in [0.1, 0.15) is 23.0 Å². The van der Waals surface area contributed by atoms with Crippen LogP contribution in [0.25, 0.3) is 0 Å². The number of carboxylic acids is 1. The SMILES string of the molecule is Cc1ccnc(C(=O)NCC(C)C(=O)O)c1. The van der Waals surface area contributed by atoms with Crippen LogP contribution in [0.4, 0.5) is 0 Å².